The Balaban J connectivity index is 1.53. The second kappa shape index (κ2) is 11.3. The van der Waals surface area contributed by atoms with Gasteiger partial charge in [-0.05, 0) is 48.2 Å². The summed E-state index contributed by atoms with van der Waals surface area (Å²) in [6, 6.07) is 4.65. The summed E-state index contributed by atoms with van der Waals surface area (Å²) in [6.07, 6.45) is 4.35. The molecule has 1 saturated heterocycles. The molecule has 1 aliphatic heterocycles. The Labute approximate surface area is 226 Å². The van der Waals surface area contributed by atoms with E-state index < -0.39 is 39.8 Å². The zero-order valence-corrected chi connectivity index (χ0v) is 21.6. The van der Waals surface area contributed by atoms with Gasteiger partial charge in [0.05, 0.1) is 15.6 Å². The average molecular weight is 582 g/mol. The Morgan fingerprint density at radius 2 is 1.82 bits per heavy atom. The molecule has 39 heavy (non-hydrogen) atoms. The van der Waals surface area contributed by atoms with Crippen LogP contribution in [0, 0.1) is 24.1 Å². The van der Waals surface area contributed by atoms with E-state index in [9.17, 15) is 30.8 Å². The van der Waals surface area contributed by atoms with Gasteiger partial charge in [-0.1, -0.05) is 11.6 Å². The summed E-state index contributed by atoms with van der Waals surface area (Å²) in [5.74, 6) is -0.288. The Bertz CT molecular complexity index is 1510. The first kappa shape index (κ1) is 28.4. The summed E-state index contributed by atoms with van der Waals surface area (Å²) in [6.45, 7) is -0.120. The summed E-state index contributed by atoms with van der Waals surface area (Å²) in [5.41, 5.74) is 0.783. The van der Waals surface area contributed by atoms with Crippen molar-refractivity contribution < 1.29 is 30.8 Å². The number of pyridine rings is 1. The van der Waals surface area contributed by atoms with E-state index in [0.29, 0.717) is 5.56 Å². The van der Waals surface area contributed by atoms with Crippen molar-refractivity contribution in [2.24, 2.45) is 5.92 Å². The third-order valence-electron chi connectivity index (χ3n) is 6.06. The maximum atomic E-state index is 13.4. The highest BCUT2D eigenvalue weighted by molar-refractivity contribution is 7.89. The van der Waals surface area contributed by atoms with Crippen LogP contribution in [0.1, 0.15) is 24.2 Å². The lowest BCUT2D eigenvalue weighted by Crippen LogP contribution is -2.45. The summed E-state index contributed by atoms with van der Waals surface area (Å²) in [7, 11) is -4.14. The third-order valence-corrected chi connectivity index (χ3v) is 8.29. The van der Waals surface area contributed by atoms with Gasteiger partial charge in [0.15, 0.2) is 0 Å². The molecule has 8 nitrogen and oxygen atoms in total. The fourth-order valence-electron chi connectivity index (χ4n) is 4.13. The average Bonchev–Trinajstić information content (AvgIpc) is 3.33. The number of sulfonamides is 1. The maximum absolute atomic E-state index is 13.4. The number of halogens is 5. The number of aromatic nitrogens is 3. The summed E-state index contributed by atoms with van der Waals surface area (Å²) >= 11 is 6.22. The first-order valence-electron chi connectivity index (χ1n) is 11.4. The Morgan fingerprint density at radius 1 is 1.15 bits per heavy atom. The number of hydrogen-bond donors (Lipinski definition) is 1. The number of nitrogens with one attached hydrogen (secondary N) is 1. The summed E-state index contributed by atoms with van der Waals surface area (Å²) < 4.78 is 79.3. The van der Waals surface area contributed by atoms with Gasteiger partial charge in [0.1, 0.15) is 11.9 Å². The van der Waals surface area contributed by atoms with E-state index in [1.165, 1.54) is 12.3 Å². The first-order valence-corrected chi connectivity index (χ1v) is 13.2. The predicted molar refractivity (Wildman–Crippen MR) is 133 cm³/mol. The molecule has 1 fully saturated rings. The van der Waals surface area contributed by atoms with Crippen molar-refractivity contribution in [1.82, 2.24) is 24.6 Å². The van der Waals surface area contributed by atoms with Crippen molar-refractivity contribution in [2.75, 3.05) is 6.54 Å². The number of nitrogens with zero attached hydrogens (tertiary/aromatic N) is 4. The molecule has 3 aromatic rings. The fraction of sp³-hybridized carbons (Fsp3) is 0.280. The molecule has 1 aromatic carbocycles. The van der Waals surface area contributed by atoms with Crippen molar-refractivity contribution in [3.8, 4) is 23.6 Å². The van der Waals surface area contributed by atoms with Crippen LogP contribution >= 0.6 is 11.6 Å². The van der Waals surface area contributed by atoms with E-state index in [0.717, 1.165) is 41.0 Å². The minimum absolute atomic E-state index is 0.01000. The number of terminal acetylenes is 1. The van der Waals surface area contributed by atoms with Crippen LogP contribution in [0.25, 0.3) is 11.3 Å². The standard InChI is InChI=1S/C25H20ClF4N5O3S/c1-2-3-15-8-22(35(14-15)39(37,38)19-6-4-18(27)5-7-19)23(36)32-10-16-9-21(31-13-20(16)26)17-11-33-24(34-12-17)25(28,29)30/h1,4-7,9,11-13,15,22H,3,8,10,14H2,(H,32,36)/t15-,22+/m1/s1. The van der Waals surface area contributed by atoms with Crippen LogP contribution < -0.4 is 5.32 Å². The largest absolute Gasteiger partial charge is 0.451 e. The fourth-order valence-corrected chi connectivity index (χ4v) is 5.97. The van der Waals surface area contributed by atoms with E-state index >= 15 is 0 Å². The van der Waals surface area contributed by atoms with Crippen LogP contribution in [0.4, 0.5) is 17.6 Å². The van der Waals surface area contributed by atoms with Crippen LogP contribution in [0.2, 0.25) is 5.02 Å². The normalized spacial score (nSPS) is 18.1. The SMILES string of the molecule is C#CC[C@@H]1C[C@@H](C(=O)NCc2cc(-c3cnc(C(F)(F)F)nc3)ncc2Cl)N(S(=O)(=O)c2ccc(F)cc2)C1. The number of rotatable bonds is 7. The zero-order chi connectivity index (χ0) is 28.4. The van der Waals surface area contributed by atoms with E-state index in [-0.39, 0.29) is 53.0 Å². The molecule has 0 aliphatic carbocycles. The van der Waals surface area contributed by atoms with Gasteiger partial charge in [0, 0.05) is 43.7 Å². The Kier molecular flexibility index (Phi) is 8.20. The van der Waals surface area contributed by atoms with Crippen molar-refractivity contribution in [1.29, 1.82) is 0 Å². The molecular weight excluding hydrogens is 562 g/mol. The van der Waals surface area contributed by atoms with Crippen LogP contribution in [-0.2, 0) is 27.5 Å². The predicted octanol–water partition coefficient (Wildman–Crippen LogP) is 4.07. The number of benzene rings is 1. The zero-order valence-electron chi connectivity index (χ0n) is 20.0. The molecule has 3 heterocycles. The second-order valence-corrected chi connectivity index (χ2v) is 11.0. The van der Waals surface area contributed by atoms with Crippen LogP contribution in [0.3, 0.4) is 0 Å². The van der Waals surface area contributed by atoms with Gasteiger partial charge in [-0.3, -0.25) is 9.78 Å². The molecule has 0 saturated carbocycles. The monoisotopic (exact) mass is 581 g/mol. The van der Waals surface area contributed by atoms with E-state index in [1.54, 1.807) is 0 Å². The second-order valence-electron chi connectivity index (χ2n) is 8.73. The summed E-state index contributed by atoms with van der Waals surface area (Å²) in [5, 5.41) is 2.83. The van der Waals surface area contributed by atoms with Gasteiger partial charge in [0.25, 0.3) is 0 Å². The van der Waals surface area contributed by atoms with Crippen molar-refractivity contribution >= 4 is 27.5 Å². The molecule has 1 amide bonds. The molecule has 204 valence electrons. The van der Waals surface area contributed by atoms with Crippen LogP contribution in [-0.4, -0.2) is 46.2 Å². The van der Waals surface area contributed by atoms with Crippen molar-refractivity contribution in [3.63, 3.8) is 0 Å². The third kappa shape index (κ3) is 6.35. The molecule has 2 aromatic heterocycles. The minimum Gasteiger partial charge on any atom is -0.351 e. The lowest BCUT2D eigenvalue weighted by atomic mass is 10.0. The Hall–Kier alpha value is -3.60. The molecule has 1 aliphatic rings. The molecule has 1 N–H and O–H groups in total. The highest BCUT2D eigenvalue weighted by Crippen LogP contribution is 2.32. The van der Waals surface area contributed by atoms with Gasteiger partial charge in [-0.15, -0.1) is 12.3 Å². The first-order chi connectivity index (χ1) is 18.4. The number of amides is 1. The molecule has 0 bridgehead atoms. The van der Waals surface area contributed by atoms with E-state index in [1.807, 2.05) is 0 Å². The molecule has 14 heteroatoms. The topological polar surface area (TPSA) is 105 Å². The highest BCUT2D eigenvalue weighted by Gasteiger charge is 2.43. The number of carbonyl (C=O) groups excluding carboxylic acids is 1. The summed E-state index contributed by atoms with van der Waals surface area (Å²) in [4.78, 5) is 23.7. The van der Waals surface area contributed by atoms with Crippen LogP contribution in [0.15, 0.2) is 53.8 Å². The number of carbonyl (C=O) groups is 1. The minimum atomic E-state index is -4.70. The number of alkyl halides is 3. The lowest BCUT2D eigenvalue weighted by molar-refractivity contribution is -0.145. The van der Waals surface area contributed by atoms with Gasteiger partial charge in [-0.25, -0.2) is 22.8 Å². The van der Waals surface area contributed by atoms with E-state index in [2.05, 4.69) is 26.2 Å². The smallest absolute Gasteiger partial charge is 0.351 e. The van der Waals surface area contributed by atoms with Crippen molar-refractivity contribution in [3.05, 3.63) is 71.2 Å². The molecule has 2 atom stereocenters. The quantitative estimate of drug-likeness (QED) is 0.333. The highest BCUT2D eigenvalue weighted by atomic mass is 35.5. The van der Waals surface area contributed by atoms with E-state index in [4.69, 9.17) is 18.0 Å². The molecule has 0 unspecified atom stereocenters. The lowest BCUT2D eigenvalue weighted by Gasteiger charge is -2.23. The molecule has 4 rings (SSSR count). The molecule has 0 spiro atoms. The van der Waals surface area contributed by atoms with Gasteiger partial charge in [0.2, 0.25) is 21.8 Å². The maximum Gasteiger partial charge on any atom is 0.451 e. The Morgan fingerprint density at radius 3 is 2.44 bits per heavy atom. The molecule has 0 radical (unpaired) electrons. The number of hydrogen-bond acceptors (Lipinski definition) is 6. The van der Waals surface area contributed by atoms with Gasteiger partial charge >= 0.3 is 6.18 Å². The van der Waals surface area contributed by atoms with Crippen LogP contribution in [0.5, 0.6) is 0 Å². The molecular formula is C25H20ClF4N5O3S. The van der Waals surface area contributed by atoms with Gasteiger partial charge < -0.3 is 5.32 Å². The van der Waals surface area contributed by atoms with Gasteiger partial charge in [-0.2, -0.15) is 17.5 Å². The van der Waals surface area contributed by atoms with Crippen molar-refractivity contribution in [2.45, 2.75) is 36.5 Å².